The molecule has 70 valence electrons. The van der Waals surface area contributed by atoms with E-state index in [1.807, 2.05) is 0 Å². The number of hydrogen-bond donors (Lipinski definition) is 2. The third-order valence-electron chi connectivity index (χ3n) is 1.25. The van der Waals surface area contributed by atoms with Gasteiger partial charge in [-0.15, -0.1) is 5.17 Å². The van der Waals surface area contributed by atoms with E-state index < -0.39 is 5.97 Å². The Morgan fingerprint density at radius 3 is 2.92 bits per heavy atom. The molecule has 0 bridgehead atoms. The van der Waals surface area contributed by atoms with Crippen LogP contribution in [0.3, 0.4) is 0 Å². The quantitative estimate of drug-likeness (QED) is 0.486. The molecule has 0 atom stereocenters. The summed E-state index contributed by atoms with van der Waals surface area (Å²) in [6.45, 7) is 1.24. The fourth-order valence-electron chi connectivity index (χ4n) is 0.775. The molecule has 6 heteroatoms. The number of hydrogen-bond acceptors (Lipinski definition) is 6. The molecule has 0 spiro atoms. The fraction of sp³-hybridized carbons (Fsp3) is 0.143. The van der Waals surface area contributed by atoms with Crippen LogP contribution >= 0.6 is 0 Å². The van der Waals surface area contributed by atoms with E-state index >= 15 is 0 Å². The van der Waals surface area contributed by atoms with Crippen LogP contribution in [0.1, 0.15) is 6.92 Å². The van der Waals surface area contributed by atoms with Crippen LogP contribution in [0, 0.1) is 0 Å². The molecule has 0 aliphatic heterocycles. The average molecular weight is 182 g/mol. The fourth-order valence-corrected chi connectivity index (χ4v) is 0.775. The van der Waals surface area contributed by atoms with Crippen molar-refractivity contribution in [3.05, 3.63) is 18.3 Å². The van der Waals surface area contributed by atoms with Crippen molar-refractivity contribution < 1.29 is 9.63 Å². The summed E-state index contributed by atoms with van der Waals surface area (Å²) in [5, 5.41) is 0.734. The van der Waals surface area contributed by atoms with Gasteiger partial charge >= 0.3 is 5.97 Å². The SMILES string of the molecule is CC(=O)ON(N)c1ncccc1N. The van der Waals surface area contributed by atoms with E-state index in [2.05, 4.69) is 9.82 Å². The van der Waals surface area contributed by atoms with E-state index in [9.17, 15) is 4.79 Å². The normalized spacial score (nSPS) is 9.38. The first-order valence-corrected chi connectivity index (χ1v) is 3.55. The summed E-state index contributed by atoms with van der Waals surface area (Å²) in [6.07, 6.45) is 1.50. The van der Waals surface area contributed by atoms with E-state index in [0.717, 1.165) is 5.17 Å². The van der Waals surface area contributed by atoms with Crippen LogP contribution in [-0.4, -0.2) is 11.0 Å². The van der Waals surface area contributed by atoms with Crippen molar-refractivity contribution in [2.45, 2.75) is 6.92 Å². The highest BCUT2D eigenvalue weighted by molar-refractivity contribution is 5.69. The van der Waals surface area contributed by atoms with Crippen LogP contribution in [0.15, 0.2) is 18.3 Å². The minimum atomic E-state index is -0.535. The van der Waals surface area contributed by atoms with Crippen molar-refractivity contribution in [3.8, 4) is 0 Å². The monoisotopic (exact) mass is 182 g/mol. The van der Waals surface area contributed by atoms with Crippen molar-refractivity contribution in [3.63, 3.8) is 0 Å². The van der Waals surface area contributed by atoms with Gasteiger partial charge in [-0.25, -0.2) is 15.6 Å². The van der Waals surface area contributed by atoms with Crippen LogP contribution in [0.2, 0.25) is 0 Å². The molecule has 1 rings (SSSR count). The number of anilines is 2. The molecule has 0 saturated heterocycles. The van der Waals surface area contributed by atoms with E-state index in [4.69, 9.17) is 11.6 Å². The Morgan fingerprint density at radius 2 is 2.38 bits per heavy atom. The Bertz CT molecular complexity index is 315. The second-order valence-corrected chi connectivity index (χ2v) is 2.32. The molecule has 4 N–H and O–H groups in total. The summed E-state index contributed by atoms with van der Waals surface area (Å²) in [7, 11) is 0. The van der Waals surface area contributed by atoms with Gasteiger partial charge in [-0.05, 0) is 12.1 Å². The Morgan fingerprint density at radius 1 is 1.69 bits per heavy atom. The lowest BCUT2D eigenvalue weighted by Gasteiger charge is -2.15. The summed E-state index contributed by atoms with van der Waals surface area (Å²) in [5.74, 6) is 5.02. The molecule has 0 unspecified atom stereocenters. The maximum absolute atomic E-state index is 10.5. The van der Waals surface area contributed by atoms with Gasteiger partial charge in [0.1, 0.15) is 0 Å². The third-order valence-corrected chi connectivity index (χ3v) is 1.25. The maximum Gasteiger partial charge on any atom is 0.331 e. The molecule has 1 aromatic rings. The summed E-state index contributed by atoms with van der Waals surface area (Å²) in [4.78, 5) is 18.9. The van der Waals surface area contributed by atoms with Gasteiger partial charge in [-0.3, -0.25) is 0 Å². The zero-order chi connectivity index (χ0) is 9.84. The molecule has 0 saturated carbocycles. The van der Waals surface area contributed by atoms with Gasteiger partial charge in [0.25, 0.3) is 0 Å². The second-order valence-electron chi connectivity index (χ2n) is 2.32. The number of aromatic nitrogens is 1. The first kappa shape index (κ1) is 9.27. The van der Waals surface area contributed by atoms with Crippen LogP contribution < -0.4 is 16.7 Å². The van der Waals surface area contributed by atoms with Crippen molar-refractivity contribution in [2.75, 3.05) is 10.9 Å². The van der Waals surface area contributed by atoms with Gasteiger partial charge in [0.2, 0.25) is 5.82 Å². The average Bonchev–Trinajstić information content (AvgIpc) is 2.03. The topological polar surface area (TPSA) is 94.5 Å². The first-order chi connectivity index (χ1) is 6.11. The minimum absolute atomic E-state index is 0.206. The molecular weight excluding hydrogens is 172 g/mol. The molecular formula is C7H10N4O2. The second kappa shape index (κ2) is 3.72. The predicted octanol–water partition coefficient (Wildman–Crippen LogP) is -0.178. The number of nitrogens with zero attached hydrogens (tertiary/aromatic N) is 2. The zero-order valence-electron chi connectivity index (χ0n) is 7.10. The highest BCUT2D eigenvalue weighted by Gasteiger charge is 2.09. The third kappa shape index (κ3) is 2.31. The van der Waals surface area contributed by atoms with Gasteiger partial charge in [0.05, 0.1) is 5.69 Å². The Balaban J connectivity index is 2.82. The molecule has 1 heterocycles. The Hall–Kier alpha value is -1.82. The molecule has 0 aromatic carbocycles. The van der Waals surface area contributed by atoms with Gasteiger partial charge in [0, 0.05) is 13.1 Å². The highest BCUT2D eigenvalue weighted by Crippen LogP contribution is 2.15. The summed E-state index contributed by atoms with van der Waals surface area (Å²) in [6, 6.07) is 3.26. The van der Waals surface area contributed by atoms with Crippen molar-refractivity contribution in [1.82, 2.24) is 4.98 Å². The number of rotatable bonds is 2. The lowest BCUT2D eigenvalue weighted by molar-refractivity contribution is -0.142. The number of carbonyl (C=O) groups is 1. The van der Waals surface area contributed by atoms with Crippen LogP contribution in [-0.2, 0) is 9.63 Å². The predicted molar refractivity (Wildman–Crippen MR) is 47.1 cm³/mol. The molecule has 1 aromatic heterocycles. The molecule has 0 fully saturated rings. The van der Waals surface area contributed by atoms with Crippen molar-refractivity contribution in [2.24, 2.45) is 5.84 Å². The Labute approximate surface area is 75.0 Å². The summed E-state index contributed by atoms with van der Waals surface area (Å²) >= 11 is 0. The van der Waals surface area contributed by atoms with E-state index in [-0.39, 0.29) is 5.82 Å². The molecule has 6 nitrogen and oxygen atoms in total. The number of nitrogens with two attached hydrogens (primary N) is 2. The molecule has 0 radical (unpaired) electrons. The largest absolute Gasteiger partial charge is 0.396 e. The molecule has 0 amide bonds. The van der Waals surface area contributed by atoms with Crippen LogP contribution in [0.5, 0.6) is 0 Å². The molecule has 13 heavy (non-hydrogen) atoms. The standard InChI is InChI=1S/C7H10N4O2/c1-5(12)13-11(9)7-6(8)3-2-4-10-7/h2-4H,8-9H2,1H3. The van der Waals surface area contributed by atoms with E-state index in [1.54, 1.807) is 12.1 Å². The maximum atomic E-state index is 10.5. The lowest BCUT2D eigenvalue weighted by Crippen LogP contribution is -2.34. The highest BCUT2D eigenvalue weighted by atomic mass is 16.7. The Kier molecular flexibility index (Phi) is 2.65. The van der Waals surface area contributed by atoms with E-state index in [1.165, 1.54) is 13.1 Å². The number of carbonyl (C=O) groups excluding carboxylic acids is 1. The van der Waals surface area contributed by atoms with Gasteiger partial charge in [-0.1, -0.05) is 0 Å². The zero-order valence-corrected chi connectivity index (χ0v) is 7.10. The molecule has 0 aliphatic rings. The lowest BCUT2D eigenvalue weighted by atomic mass is 10.4. The van der Waals surface area contributed by atoms with Crippen LogP contribution in [0.4, 0.5) is 11.5 Å². The minimum Gasteiger partial charge on any atom is -0.396 e. The first-order valence-electron chi connectivity index (χ1n) is 3.55. The summed E-state index contributed by atoms with van der Waals surface area (Å²) in [5.41, 5.74) is 5.86. The van der Waals surface area contributed by atoms with Crippen molar-refractivity contribution in [1.29, 1.82) is 0 Å². The van der Waals surface area contributed by atoms with Crippen LogP contribution in [0.25, 0.3) is 0 Å². The smallest absolute Gasteiger partial charge is 0.331 e. The number of pyridine rings is 1. The van der Waals surface area contributed by atoms with Gasteiger partial charge in [0.15, 0.2) is 0 Å². The van der Waals surface area contributed by atoms with E-state index in [0.29, 0.717) is 5.69 Å². The number of nitrogen functional groups attached to an aromatic ring is 1. The van der Waals surface area contributed by atoms with Crippen molar-refractivity contribution >= 4 is 17.5 Å². The van der Waals surface area contributed by atoms with Gasteiger partial charge < -0.3 is 10.6 Å². The van der Waals surface area contributed by atoms with Gasteiger partial charge in [-0.2, -0.15) is 0 Å². The molecule has 0 aliphatic carbocycles. The summed E-state index contributed by atoms with van der Waals surface area (Å²) < 4.78 is 0. The number of hydrazine groups is 1.